The summed E-state index contributed by atoms with van der Waals surface area (Å²) in [5.41, 5.74) is 0.326. The maximum Gasteiger partial charge on any atom is 0.416 e. The van der Waals surface area contributed by atoms with Crippen LogP contribution in [-0.2, 0) is 27.1 Å². The van der Waals surface area contributed by atoms with Gasteiger partial charge in [0, 0.05) is 12.5 Å². The monoisotopic (exact) mass is 488 g/mol. The summed E-state index contributed by atoms with van der Waals surface area (Å²) in [7, 11) is 0. The number of halogens is 3. The lowest BCUT2D eigenvalue weighted by molar-refractivity contribution is -0.137. The van der Waals surface area contributed by atoms with Crippen LogP contribution in [0, 0.1) is 5.92 Å². The van der Waals surface area contributed by atoms with Crippen LogP contribution in [0.5, 0.6) is 0 Å². The third kappa shape index (κ3) is 5.64. The Balaban J connectivity index is 1.36. The molecule has 1 saturated heterocycles. The van der Waals surface area contributed by atoms with Crippen molar-refractivity contribution in [2.75, 3.05) is 29.9 Å². The van der Waals surface area contributed by atoms with Gasteiger partial charge in [-0.3, -0.25) is 24.2 Å². The Hall–Kier alpha value is -3.40. The summed E-state index contributed by atoms with van der Waals surface area (Å²) >= 11 is 0. The fraction of sp³-hybridized carbons (Fsp3) is 0.400. The van der Waals surface area contributed by atoms with Crippen LogP contribution in [0.25, 0.3) is 0 Å². The van der Waals surface area contributed by atoms with E-state index in [2.05, 4.69) is 10.6 Å². The van der Waals surface area contributed by atoms with Gasteiger partial charge < -0.3 is 10.6 Å². The summed E-state index contributed by atoms with van der Waals surface area (Å²) in [6.45, 7) is 2.96. The molecule has 2 aromatic carbocycles. The highest BCUT2D eigenvalue weighted by atomic mass is 19.4. The molecule has 1 fully saturated rings. The topological polar surface area (TPSA) is 81.8 Å². The number of carbonyl (C=O) groups is 3. The highest BCUT2D eigenvalue weighted by Crippen LogP contribution is 2.37. The van der Waals surface area contributed by atoms with Crippen molar-refractivity contribution in [2.45, 2.75) is 38.5 Å². The quantitative estimate of drug-likeness (QED) is 0.676. The van der Waals surface area contributed by atoms with E-state index in [1.165, 1.54) is 11.0 Å². The van der Waals surface area contributed by atoms with Gasteiger partial charge in [-0.05, 0) is 56.6 Å². The minimum absolute atomic E-state index is 0.0189. The molecule has 0 aromatic heterocycles. The maximum atomic E-state index is 13.3. The molecule has 2 aliphatic rings. The standard InChI is InChI=1S/C25H27F3N4O3/c1-16(31-11-9-18(10-12-31)23(34)29-14-17-5-3-2-4-6-17)24(35)32-15-22(33)30-20-13-19(25(26,27)28)7-8-21(20)32/h2-8,13,16,18H,9-12,14-15H2,1H3,(H,29,34)(H,30,33). The second kappa shape index (κ2) is 10.1. The number of benzene rings is 2. The van der Waals surface area contributed by atoms with Gasteiger partial charge in [0.2, 0.25) is 17.7 Å². The van der Waals surface area contributed by atoms with Crippen molar-refractivity contribution in [1.82, 2.24) is 10.2 Å². The Kier molecular flexibility index (Phi) is 7.11. The second-order valence-corrected chi connectivity index (χ2v) is 8.89. The predicted octanol–water partition coefficient (Wildman–Crippen LogP) is 3.41. The third-order valence-electron chi connectivity index (χ3n) is 6.57. The molecule has 2 aromatic rings. The van der Waals surface area contributed by atoms with Crippen molar-refractivity contribution >= 4 is 29.1 Å². The van der Waals surface area contributed by atoms with E-state index < -0.39 is 23.7 Å². The highest BCUT2D eigenvalue weighted by Gasteiger charge is 2.37. The number of hydrogen-bond donors (Lipinski definition) is 2. The van der Waals surface area contributed by atoms with Gasteiger partial charge >= 0.3 is 6.18 Å². The number of likely N-dealkylation sites (tertiary alicyclic amines) is 1. The number of rotatable bonds is 5. The highest BCUT2D eigenvalue weighted by molar-refractivity contribution is 6.11. The molecule has 2 N–H and O–H groups in total. The zero-order valence-corrected chi connectivity index (χ0v) is 19.3. The zero-order valence-electron chi connectivity index (χ0n) is 19.3. The Bertz CT molecular complexity index is 1100. The van der Waals surface area contributed by atoms with E-state index in [1.807, 2.05) is 35.2 Å². The van der Waals surface area contributed by atoms with E-state index in [0.717, 1.165) is 17.7 Å². The lowest BCUT2D eigenvalue weighted by atomic mass is 9.94. The van der Waals surface area contributed by atoms with Crippen molar-refractivity contribution in [3.05, 3.63) is 59.7 Å². The number of piperidine rings is 1. The minimum atomic E-state index is -4.56. The summed E-state index contributed by atoms with van der Waals surface area (Å²) in [6.07, 6.45) is -3.38. The van der Waals surface area contributed by atoms with Gasteiger partial charge in [0.15, 0.2) is 0 Å². The Morgan fingerprint density at radius 3 is 2.46 bits per heavy atom. The second-order valence-electron chi connectivity index (χ2n) is 8.89. The van der Waals surface area contributed by atoms with E-state index in [9.17, 15) is 27.6 Å². The van der Waals surface area contributed by atoms with E-state index in [-0.39, 0.29) is 35.7 Å². The van der Waals surface area contributed by atoms with E-state index >= 15 is 0 Å². The first kappa shape index (κ1) is 24.7. The number of hydrogen-bond acceptors (Lipinski definition) is 4. The van der Waals surface area contributed by atoms with E-state index in [1.54, 1.807) is 6.92 Å². The molecule has 2 heterocycles. The van der Waals surface area contributed by atoms with Crippen LogP contribution in [0.4, 0.5) is 24.5 Å². The van der Waals surface area contributed by atoms with Gasteiger partial charge in [0.05, 0.1) is 23.0 Å². The average Bonchev–Trinajstić information content (AvgIpc) is 2.85. The summed E-state index contributed by atoms with van der Waals surface area (Å²) < 4.78 is 39.2. The van der Waals surface area contributed by atoms with Gasteiger partial charge in [-0.15, -0.1) is 0 Å². The molecule has 0 bridgehead atoms. The van der Waals surface area contributed by atoms with Gasteiger partial charge in [-0.25, -0.2) is 0 Å². The molecule has 1 atom stereocenters. The summed E-state index contributed by atoms with van der Waals surface area (Å²) in [4.78, 5) is 41.2. The van der Waals surface area contributed by atoms with Crippen LogP contribution >= 0.6 is 0 Å². The van der Waals surface area contributed by atoms with Crippen LogP contribution in [0.2, 0.25) is 0 Å². The molecule has 7 nitrogen and oxygen atoms in total. The van der Waals surface area contributed by atoms with Crippen LogP contribution in [0.3, 0.4) is 0 Å². The molecule has 0 spiro atoms. The molecule has 3 amide bonds. The third-order valence-corrected chi connectivity index (χ3v) is 6.57. The van der Waals surface area contributed by atoms with Crippen molar-refractivity contribution < 1.29 is 27.6 Å². The lowest BCUT2D eigenvalue weighted by Crippen LogP contribution is -2.53. The molecule has 1 unspecified atom stereocenters. The Morgan fingerprint density at radius 1 is 1.11 bits per heavy atom. The minimum Gasteiger partial charge on any atom is -0.352 e. The number of nitrogens with zero attached hydrogens (tertiary/aromatic N) is 2. The van der Waals surface area contributed by atoms with Crippen LogP contribution in [0.15, 0.2) is 48.5 Å². The molecule has 186 valence electrons. The number of anilines is 2. The first-order chi connectivity index (χ1) is 16.6. The summed E-state index contributed by atoms with van der Waals surface area (Å²) in [5.74, 6) is -1.09. The molecule has 0 saturated carbocycles. The number of amides is 3. The predicted molar refractivity (Wildman–Crippen MR) is 124 cm³/mol. The molecule has 10 heteroatoms. The fourth-order valence-corrected chi connectivity index (χ4v) is 4.52. The van der Waals surface area contributed by atoms with Crippen LogP contribution in [-0.4, -0.2) is 48.3 Å². The number of nitrogens with one attached hydrogen (secondary N) is 2. The molecular formula is C25H27F3N4O3. The van der Waals surface area contributed by atoms with Gasteiger partial charge in [0.25, 0.3) is 0 Å². The number of fused-ring (bicyclic) bond motifs is 1. The van der Waals surface area contributed by atoms with Gasteiger partial charge in [-0.1, -0.05) is 30.3 Å². The average molecular weight is 489 g/mol. The fourth-order valence-electron chi connectivity index (χ4n) is 4.52. The Morgan fingerprint density at radius 2 is 1.80 bits per heavy atom. The number of alkyl halides is 3. The van der Waals surface area contributed by atoms with Crippen molar-refractivity contribution in [3.63, 3.8) is 0 Å². The van der Waals surface area contributed by atoms with Crippen molar-refractivity contribution in [1.29, 1.82) is 0 Å². The first-order valence-corrected chi connectivity index (χ1v) is 11.5. The Labute approximate surface area is 201 Å². The van der Waals surface area contributed by atoms with Crippen LogP contribution in [0.1, 0.15) is 30.9 Å². The van der Waals surface area contributed by atoms with Gasteiger partial charge in [0.1, 0.15) is 6.54 Å². The summed E-state index contributed by atoms with van der Waals surface area (Å²) in [6, 6.07) is 12.0. The van der Waals surface area contributed by atoms with Gasteiger partial charge in [-0.2, -0.15) is 13.2 Å². The normalized spacial score (nSPS) is 17.9. The van der Waals surface area contributed by atoms with E-state index in [4.69, 9.17) is 0 Å². The SMILES string of the molecule is CC(C(=O)N1CC(=O)Nc2cc(C(F)(F)F)ccc21)N1CCC(C(=O)NCc2ccccc2)CC1. The summed E-state index contributed by atoms with van der Waals surface area (Å²) in [5, 5.41) is 5.39. The largest absolute Gasteiger partial charge is 0.416 e. The van der Waals surface area contributed by atoms with Crippen molar-refractivity contribution in [2.24, 2.45) is 5.92 Å². The first-order valence-electron chi connectivity index (χ1n) is 11.5. The molecule has 35 heavy (non-hydrogen) atoms. The molecule has 4 rings (SSSR count). The molecule has 2 aliphatic heterocycles. The lowest BCUT2D eigenvalue weighted by Gasteiger charge is -2.38. The maximum absolute atomic E-state index is 13.3. The molecular weight excluding hydrogens is 461 g/mol. The van der Waals surface area contributed by atoms with Crippen molar-refractivity contribution in [3.8, 4) is 0 Å². The molecule has 0 aliphatic carbocycles. The smallest absolute Gasteiger partial charge is 0.352 e. The van der Waals surface area contributed by atoms with Crippen LogP contribution < -0.4 is 15.5 Å². The molecule has 0 radical (unpaired) electrons. The number of carbonyl (C=O) groups excluding carboxylic acids is 3. The zero-order chi connectivity index (χ0) is 25.2. The van der Waals surface area contributed by atoms with E-state index in [0.29, 0.717) is 32.5 Å².